The summed E-state index contributed by atoms with van der Waals surface area (Å²) in [5, 5.41) is 2.64. The molecule has 11 nitrogen and oxygen atoms in total. The molecule has 5 atom stereocenters. The third-order valence-electron chi connectivity index (χ3n) is 4.42. The van der Waals surface area contributed by atoms with E-state index in [9.17, 15) is 19.2 Å². The summed E-state index contributed by atoms with van der Waals surface area (Å²) in [6.07, 6.45) is -3.46. The van der Waals surface area contributed by atoms with Crippen LogP contribution in [0.25, 0.3) is 0 Å². The predicted octanol–water partition coefficient (Wildman–Crippen LogP) is 0.722. The molecule has 1 aliphatic rings. The minimum absolute atomic E-state index is 0.129. The number of amides is 1. The largest absolute Gasteiger partial charge is 0.463 e. The molecule has 0 unspecified atom stereocenters. The zero-order valence-corrected chi connectivity index (χ0v) is 19.6. The molecule has 1 heterocycles. The van der Waals surface area contributed by atoms with E-state index < -0.39 is 54.5 Å². The number of hydrogen-bond donors (Lipinski definition) is 1. The van der Waals surface area contributed by atoms with Gasteiger partial charge in [0.15, 0.2) is 18.5 Å². The first kappa shape index (κ1) is 27.8. The van der Waals surface area contributed by atoms with Crippen LogP contribution < -0.4 is 5.32 Å². The van der Waals surface area contributed by atoms with Crippen LogP contribution in [0.3, 0.4) is 0 Å². The second kappa shape index (κ2) is 14.0. The molecule has 0 aromatic rings. The van der Waals surface area contributed by atoms with Gasteiger partial charge in [0, 0.05) is 34.3 Å². The van der Waals surface area contributed by atoms with Crippen molar-refractivity contribution in [1.82, 2.24) is 5.32 Å². The standard InChI is InChI=1S/C21H35NO10/c1-12(2)7-8-27-9-10-28-21-18(22-13(3)23)20(31-16(6)26)19(30-15(5)25)17(32-21)11-29-14(4)24/h12,17-21H,7-11H2,1-6H3,(H,22,23)/t17-,18-,19+,20-,21+/m0/s1. The van der Waals surface area contributed by atoms with E-state index in [1.807, 2.05) is 0 Å². The Bertz CT molecular complexity index is 638. The molecule has 184 valence electrons. The molecule has 1 saturated heterocycles. The zero-order chi connectivity index (χ0) is 24.3. The van der Waals surface area contributed by atoms with E-state index >= 15 is 0 Å². The third-order valence-corrected chi connectivity index (χ3v) is 4.42. The highest BCUT2D eigenvalue weighted by Crippen LogP contribution is 2.28. The van der Waals surface area contributed by atoms with Gasteiger partial charge in [0.2, 0.25) is 5.91 Å². The van der Waals surface area contributed by atoms with Gasteiger partial charge in [-0.05, 0) is 12.3 Å². The number of carbonyl (C=O) groups excluding carboxylic acids is 4. The molecule has 1 amide bonds. The lowest BCUT2D eigenvalue weighted by atomic mass is 9.96. The highest BCUT2D eigenvalue weighted by atomic mass is 16.7. The maximum atomic E-state index is 11.8. The molecular weight excluding hydrogens is 426 g/mol. The fourth-order valence-electron chi connectivity index (χ4n) is 3.08. The van der Waals surface area contributed by atoms with Gasteiger partial charge in [-0.25, -0.2) is 0 Å². The summed E-state index contributed by atoms with van der Waals surface area (Å²) in [4.78, 5) is 46.6. The first-order valence-electron chi connectivity index (χ1n) is 10.6. The number of ether oxygens (including phenoxy) is 6. The van der Waals surface area contributed by atoms with E-state index in [0.717, 1.165) is 6.42 Å². The molecule has 1 rings (SSSR count). The van der Waals surface area contributed by atoms with Gasteiger partial charge in [0.05, 0.1) is 13.2 Å². The van der Waals surface area contributed by atoms with Crippen molar-refractivity contribution in [3.05, 3.63) is 0 Å². The minimum Gasteiger partial charge on any atom is -0.463 e. The Hall–Kier alpha value is -2.24. The molecular formula is C21H35NO10. The molecule has 0 aliphatic carbocycles. The van der Waals surface area contributed by atoms with Crippen molar-refractivity contribution >= 4 is 23.8 Å². The average molecular weight is 462 g/mol. The van der Waals surface area contributed by atoms with Gasteiger partial charge in [-0.3, -0.25) is 19.2 Å². The van der Waals surface area contributed by atoms with Crippen LogP contribution >= 0.6 is 0 Å². The topological polar surface area (TPSA) is 136 Å². The molecule has 0 saturated carbocycles. The molecule has 1 N–H and O–H groups in total. The second-order valence-corrected chi connectivity index (χ2v) is 7.89. The monoisotopic (exact) mass is 461 g/mol. The van der Waals surface area contributed by atoms with Crippen LogP contribution in [0.4, 0.5) is 0 Å². The van der Waals surface area contributed by atoms with Crippen LogP contribution in [0.15, 0.2) is 0 Å². The Labute approximate surface area is 188 Å². The second-order valence-electron chi connectivity index (χ2n) is 7.89. The van der Waals surface area contributed by atoms with Gasteiger partial charge in [-0.2, -0.15) is 0 Å². The van der Waals surface area contributed by atoms with Gasteiger partial charge in [-0.15, -0.1) is 0 Å². The highest BCUT2D eigenvalue weighted by Gasteiger charge is 2.51. The summed E-state index contributed by atoms with van der Waals surface area (Å²) in [5.74, 6) is -1.82. The van der Waals surface area contributed by atoms with Crippen LogP contribution in [0, 0.1) is 5.92 Å². The molecule has 0 aromatic heterocycles. The lowest BCUT2D eigenvalue weighted by molar-refractivity contribution is -0.279. The van der Waals surface area contributed by atoms with E-state index in [-0.39, 0.29) is 19.8 Å². The van der Waals surface area contributed by atoms with Gasteiger partial charge < -0.3 is 33.7 Å². The first-order valence-corrected chi connectivity index (χ1v) is 10.6. The summed E-state index contributed by atoms with van der Waals surface area (Å²) < 4.78 is 32.9. The molecule has 0 radical (unpaired) electrons. The number of carbonyl (C=O) groups is 4. The van der Waals surface area contributed by atoms with Crippen molar-refractivity contribution in [1.29, 1.82) is 0 Å². The van der Waals surface area contributed by atoms with Crippen molar-refractivity contribution in [3.63, 3.8) is 0 Å². The number of hydrogen-bond acceptors (Lipinski definition) is 10. The summed E-state index contributed by atoms with van der Waals surface area (Å²) in [7, 11) is 0. The molecule has 0 bridgehead atoms. The van der Waals surface area contributed by atoms with E-state index in [2.05, 4.69) is 19.2 Å². The summed E-state index contributed by atoms with van der Waals surface area (Å²) in [6, 6.07) is -0.981. The van der Waals surface area contributed by atoms with Crippen LogP contribution in [0.2, 0.25) is 0 Å². The van der Waals surface area contributed by atoms with Gasteiger partial charge in [0.1, 0.15) is 18.8 Å². The highest BCUT2D eigenvalue weighted by molar-refractivity contribution is 5.73. The van der Waals surface area contributed by atoms with E-state index in [1.54, 1.807) is 0 Å². The molecule has 1 fully saturated rings. The maximum absolute atomic E-state index is 11.8. The summed E-state index contributed by atoms with van der Waals surface area (Å²) in [6.45, 7) is 9.74. The molecule has 0 aromatic carbocycles. The number of rotatable bonds is 12. The molecule has 11 heteroatoms. The fraction of sp³-hybridized carbons (Fsp3) is 0.810. The minimum atomic E-state index is -1.14. The van der Waals surface area contributed by atoms with Crippen molar-refractivity contribution < 1.29 is 47.6 Å². The van der Waals surface area contributed by atoms with Crippen molar-refractivity contribution in [2.24, 2.45) is 5.92 Å². The third kappa shape index (κ3) is 10.4. The maximum Gasteiger partial charge on any atom is 0.303 e. The smallest absolute Gasteiger partial charge is 0.303 e. The predicted molar refractivity (Wildman–Crippen MR) is 110 cm³/mol. The Morgan fingerprint density at radius 2 is 1.50 bits per heavy atom. The fourth-order valence-corrected chi connectivity index (χ4v) is 3.08. The first-order chi connectivity index (χ1) is 15.0. The number of esters is 3. The Morgan fingerprint density at radius 1 is 0.875 bits per heavy atom. The summed E-state index contributed by atoms with van der Waals surface area (Å²) >= 11 is 0. The van der Waals surface area contributed by atoms with Crippen LogP contribution in [0.1, 0.15) is 48.0 Å². The quantitative estimate of drug-likeness (QED) is 0.251. The van der Waals surface area contributed by atoms with E-state index in [4.69, 9.17) is 28.4 Å². The van der Waals surface area contributed by atoms with E-state index in [1.165, 1.54) is 27.7 Å². The van der Waals surface area contributed by atoms with Gasteiger partial charge in [-0.1, -0.05) is 13.8 Å². The Kier molecular flexibility index (Phi) is 12.2. The van der Waals surface area contributed by atoms with Crippen LogP contribution in [-0.4, -0.2) is 80.9 Å². The number of nitrogens with one attached hydrogen (secondary N) is 1. The zero-order valence-electron chi connectivity index (χ0n) is 19.6. The lowest BCUT2D eigenvalue weighted by Crippen LogP contribution is -2.66. The van der Waals surface area contributed by atoms with Crippen LogP contribution in [0.5, 0.6) is 0 Å². The van der Waals surface area contributed by atoms with Gasteiger partial charge >= 0.3 is 17.9 Å². The SMILES string of the molecule is CC(=O)N[C@@H]1[C@H](OCCOCCC(C)C)O[C@@H](COC(C)=O)[C@@H](OC(C)=O)[C@H]1OC(C)=O. The van der Waals surface area contributed by atoms with Gasteiger partial charge in [0.25, 0.3) is 0 Å². The van der Waals surface area contributed by atoms with Crippen LogP contribution in [-0.2, 0) is 47.6 Å². The van der Waals surface area contributed by atoms with Crippen molar-refractivity contribution in [2.75, 3.05) is 26.4 Å². The lowest BCUT2D eigenvalue weighted by Gasteiger charge is -2.44. The Balaban J connectivity index is 3.04. The van der Waals surface area contributed by atoms with Crippen molar-refractivity contribution in [2.45, 2.75) is 78.6 Å². The van der Waals surface area contributed by atoms with E-state index in [0.29, 0.717) is 12.5 Å². The average Bonchev–Trinajstić information content (AvgIpc) is 2.65. The normalized spacial score (nSPS) is 25.2. The Morgan fingerprint density at radius 3 is 2.03 bits per heavy atom. The molecule has 32 heavy (non-hydrogen) atoms. The van der Waals surface area contributed by atoms with Crippen molar-refractivity contribution in [3.8, 4) is 0 Å². The molecule has 0 spiro atoms. The molecule has 1 aliphatic heterocycles. The summed E-state index contributed by atoms with van der Waals surface area (Å²) in [5.41, 5.74) is 0.